The number of aromatic amines is 1. The second-order valence-electron chi connectivity index (χ2n) is 8.93. The molecule has 0 radical (unpaired) electrons. The molecule has 1 fully saturated rings. The van der Waals surface area contributed by atoms with Crippen molar-refractivity contribution in [1.29, 1.82) is 0 Å². The summed E-state index contributed by atoms with van der Waals surface area (Å²) in [7, 11) is 1.84. The molecule has 5 rings (SSSR count). The van der Waals surface area contributed by atoms with Crippen LogP contribution >= 0.6 is 0 Å². The predicted octanol–water partition coefficient (Wildman–Crippen LogP) is 1.83. The van der Waals surface area contributed by atoms with Crippen LogP contribution in [-0.4, -0.2) is 68.2 Å². The summed E-state index contributed by atoms with van der Waals surface area (Å²) >= 11 is 0. The minimum Gasteiger partial charge on any atom is -0.383 e. The number of rotatable bonds is 4. The molecule has 5 heterocycles. The number of piperidine rings is 1. The number of ketones is 1. The average molecular weight is 463 g/mol. The molecule has 0 aliphatic carbocycles. The highest BCUT2D eigenvalue weighted by Crippen LogP contribution is 2.38. The molecule has 0 spiro atoms. The van der Waals surface area contributed by atoms with Gasteiger partial charge in [-0.1, -0.05) is 0 Å². The zero-order chi connectivity index (χ0) is 24.1. The maximum Gasteiger partial charge on any atom is 0.292 e. The minimum absolute atomic E-state index is 0.0633. The molecular formula is C22H26N10O2. The van der Waals surface area contributed by atoms with E-state index in [0.717, 1.165) is 11.1 Å². The van der Waals surface area contributed by atoms with Gasteiger partial charge in [0.15, 0.2) is 11.4 Å². The molecule has 1 saturated heterocycles. The van der Waals surface area contributed by atoms with Crippen LogP contribution in [0.3, 0.4) is 0 Å². The number of H-pyrrole nitrogens is 1. The van der Waals surface area contributed by atoms with Gasteiger partial charge in [-0.2, -0.15) is 14.7 Å². The second-order valence-corrected chi connectivity index (χ2v) is 8.93. The third-order valence-electron chi connectivity index (χ3n) is 6.52. The minimum atomic E-state index is -0.194. The predicted molar refractivity (Wildman–Crippen MR) is 123 cm³/mol. The Hall–Kier alpha value is -4.09. The smallest absolute Gasteiger partial charge is 0.292 e. The Morgan fingerprint density at radius 3 is 2.47 bits per heavy atom. The van der Waals surface area contributed by atoms with Gasteiger partial charge in [-0.05, 0) is 33.6 Å². The van der Waals surface area contributed by atoms with E-state index in [9.17, 15) is 9.59 Å². The zero-order valence-corrected chi connectivity index (χ0v) is 19.4. The van der Waals surface area contributed by atoms with Crippen LogP contribution in [0.25, 0.3) is 16.8 Å². The number of aromatic nitrogens is 8. The van der Waals surface area contributed by atoms with Gasteiger partial charge in [-0.25, -0.2) is 4.98 Å². The number of nitrogen functional groups attached to an aromatic ring is 1. The molecule has 0 aromatic carbocycles. The molecule has 12 nitrogen and oxygen atoms in total. The van der Waals surface area contributed by atoms with Crippen molar-refractivity contribution in [2.45, 2.75) is 51.6 Å². The number of likely N-dealkylation sites (tertiary alicyclic amines) is 1. The highest BCUT2D eigenvalue weighted by atomic mass is 16.2. The first-order valence-corrected chi connectivity index (χ1v) is 11.1. The monoisotopic (exact) mass is 462 g/mol. The Kier molecular flexibility index (Phi) is 5.14. The molecule has 1 aliphatic heterocycles. The number of fused-ring (bicyclic) bond motifs is 1. The molecule has 34 heavy (non-hydrogen) atoms. The molecule has 0 saturated carbocycles. The summed E-state index contributed by atoms with van der Waals surface area (Å²) in [5.41, 5.74) is 9.72. The number of carbonyl (C=O) groups is 2. The lowest BCUT2D eigenvalue weighted by molar-refractivity contribution is 0.0463. The largest absolute Gasteiger partial charge is 0.383 e. The Labute approximate surface area is 195 Å². The number of anilines is 1. The number of hydrogen-bond acceptors (Lipinski definition) is 8. The van der Waals surface area contributed by atoms with Crippen LogP contribution in [0.5, 0.6) is 0 Å². The maximum atomic E-state index is 13.0. The summed E-state index contributed by atoms with van der Waals surface area (Å²) in [5.74, 6) is 0.0570. The van der Waals surface area contributed by atoms with E-state index in [1.807, 2.05) is 32.0 Å². The molecule has 1 aliphatic rings. The van der Waals surface area contributed by atoms with Crippen molar-refractivity contribution in [3.63, 3.8) is 0 Å². The van der Waals surface area contributed by atoms with Crippen molar-refractivity contribution >= 4 is 23.2 Å². The van der Waals surface area contributed by atoms with Gasteiger partial charge in [0.2, 0.25) is 5.82 Å². The summed E-state index contributed by atoms with van der Waals surface area (Å²) in [5, 5.41) is 16.2. The van der Waals surface area contributed by atoms with Gasteiger partial charge >= 0.3 is 0 Å². The topological polar surface area (TPSA) is 153 Å². The van der Waals surface area contributed by atoms with Crippen molar-refractivity contribution in [1.82, 2.24) is 44.5 Å². The number of aryl methyl sites for hydroxylation is 1. The van der Waals surface area contributed by atoms with Gasteiger partial charge in [0, 0.05) is 42.4 Å². The number of Topliss-reactive ketones (excluding diaryl/α,β-unsaturated/α-hetero) is 1. The van der Waals surface area contributed by atoms with Crippen LogP contribution in [0.1, 0.15) is 66.2 Å². The van der Waals surface area contributed by atoms with Crippen molar-refractivity contribution < 1.29 is 9.59 Å². The van der Waals surface area contributed by atoms with E-state index in [0.29, 0.717) is 29.7 Å². The van der Waals surface area contributed by atoms with Gasteiger partial charge in [-0.15, -0.1) is 10.2 Å². The molecule has 12 heteroatoms. The normalized spacial score (nSPS) is 20.7. The van der Waals surface area contributed by atoms with Gasteiger partial charge < -0.3 is 15.6 Å². The first kappa shape index (κ1) is 21.7. The highest BCUT2D eigenvalue weighted by Gasteiger charge is 2.38. The lowest BCUT2D eigenvalue weighted by Gasteiger charge is -2.42. The van der Waals surface area contributed by atoms with Crippen molar-refractivity contribution in [2.24, 2.45) is 7.05 Å². The van der Waals surface area contributed by atoms with E-state index in [2.05, 4.69) is 25.4 Å². The molecule has 1 amide bonds. The molecular weight excluding hydrogens is 436 g/mol. The molecule has 0 bridgehead atoms. The van der Waals surface area contributed by atoms with Crippen molar-refractivity contribution in [2.75, 3.05) is 5.73 Å². The lowest BCUT2D eigenvalue weighted by atomic mass is 9.82. The Balaban J connectivity index is 1.57. The van der Waals surface area contributed by atoms with E-state index in [1.165, 1.54) is 17.8 Å². The molecule has 3 N–H and O–H groups in total. The summed E-state index contributed by atoms with van der Waals surface area (Å²) in [4.78, 5) is 35.2. The standard InChI is InChI=1S/C22H26N10O2/c1-11-5-14(6-12(2)31(11)22(34)20-24-10-25-29-20)18-17(13(3)33)19(23)32-21(28-18)16(8-27-32)15-7-26-30(4)9-15/h7-12,14H,5-6,23H2,1-4H3,(H,24,25,29)/t11-,12?,14-/m0/s1. The SMILES string of the molecule is CC(=O)c1c([C@@H]2CC(C)N(C(=O)c3nnc[nH]3)[C@@H](C)C2)nc2c(-c3cnn(C)c3)cnn2c1N. The van der Waals surface area contributed by atoms with E-state index in [-0.39, 0.29) is 41.3 Å². The Morgan fingerprint density at radius 2 is 1.88 bits per heavy atom. The van der Waals surface area contributed by atoms with Gasteiger partial charge in [0.25, 0.3) is 5.91 Å². The van der Waals surface area contributed by atoms with Crippen molar-refractivity contribution in [3.8, 4) is 11.1 Å². The molecule has 176 valence electrons. The number of nitrogens with one attached hydrogen (secondary N) is 1. The van der Waals surface area contributed by atoms with E-state index >= 15 is 0 Å². The van der Waals surface area contributed by atoms with Crippen LogP contribution in [0.15, 0.2) is 24.9 Å². The van der Waals surface area contributed by atoms with Crippen LogP contribution in [0, 0.1) is 0 Å². The molecule has 1 unspecified atom stereocenters. The zero-order valence-electron chi connectivity index (χ0n) is 19.4. The van der Waals surface area contributed by atoms with E-state index in [4.69, 9.17) is 10.7 Å². The summed E-state index contributed by atoms with van der Waals surface area (Å²) in [6.07, 6.45) is 7.96. The fraction of sp³-hybridized carbons (Fsp3) is 0.409. The summed E-state index contributed by atoms with van der Waals surface area (Å²) in [6.45, 7) is 5.47. The van der Waals surface area contributed by atoms with Crippen molar-refractivity contribution in [3.05, 3.63) is 42.0 Å². The number of nitrogens with two attached hydrogens (primary N) is 1. The van der Waals surface area contributed by atoms with E-state index < -0.39 is 0 Å². The maximum absolute atomic E-state index is 13.0. The van der Waals surface area contributed by atoms with Crippen LogP contribution in [-0.2, 0) is 7.05 Å². The van der Waals surface area contributed by atoms with Gasteiger partial charge in [0.05, 0.1) is 23.7 Å². The quantitative estimate of drug-likeness (QED) is 0.436. The lowest BCUT2D eigenvalue weighted by Crippen LogP contribution is -2.50. The van der Waals surface area contributed by atoms with E-state index in [1.54, 1.807) is 17.1 Å². The third-order valence-corrected chi connectivity index (χ3v) is 6.52. The highest BCUT2D eigenvalue weighted by molar-refractivity contribution is 6.00. The summed E-state index contributed by atoms with van der Waals surface area (Å²) < 4.78 is 3.22. The number of amides is 1. The third kappa shape index (κ3) is 3.42. The van der Waals surface area contributed by atoms with Gasteiger partial charge in [0.1, 0.15) is 12.1 Å². The average Bonchev–Trinajstić information content (AvgIpc) is 3.53. The molecule has 4 aromatic heterocycles. The van der Waals surface area contributed by atoms with Crippen LogP contribution < -0.4 is 5.73 Å². The second kappa shape index (κ2) is 8.04. The molecule has 4 aromatic rings. The fourth-order valence-corrected chi connectivity index (χ4v) is 5.09. The summed E-state index contributed by atoms with van der Waals surface area (Å²) in [6, 6.07) is -0.207. The number of carbonyl (C=O) groups excluding carboxylic acids is 2. The Bertz CT molecular complexity index is 1370. The van der Waals surface area contributed by atoms with Gasteiger partial charge in [-0.3, -0.25) is 14.3 Å². The fourth-order valence-electron chi connectivity index (χ4n) is 5.09. The molecule has 3 atom stereocenters. The Morgan fingerprint density at radius 1 is 1.15 bits per heavy atom. The first-order valence-electron chi connectivity index (χ1n) is 11.1. The number of hydrogen-bond donors (Lipinski definition) is 2. The number of nitrogens with zero attached hydrogens (tertiary/aromatic N) is 8. The first-order chi connectivity index (χ1) is 16.3. The van der Waals surface area contributed by atoms with Crippen LogP contribution in [0.4, 0.5) is 5.82 Å². The van der Waals surface area contributed by atoms with Crippen LogP contribution in [0.2, 0.25) is 0 Å².